The van der Waals surface area contributed by atoms with Gasteiger partial charge in [0, 0.05) is 0 Å². The van der Waals surface area contributed by atoms with Crippen molar-refractivity contribution in [1.29, 1.82) is 5.26 Å². The van der Waals surface area contributed by atoms with Gasteiger partial charge in [-0.05, 0) is 51.0 Å². The summed E-state index contributed by atoms with van der Waals surface area (Å²) in [5, 5.41) is 12.6. The van der Waals surface area contributed by atoms with Crippen LogP contribution in [0, 0.1) is 17.2 Å². The van der Waals surface area contributed by atoms with E-state index in [9.17, 15) is 10.1 Å². The van der Waals surface area contributed by atoms with Gasteiger partial charge in [0.05, 0.1) is 11.5 Å². The van der Waals surface area contributed by atoms with Gasteiger partial charge in [-0.15, -0.1) is 0 Å². The van der Waals surface area contributed by atoms with Crippen molar-refractivity contribution in [3.8, 4) is 6.07 Å². The Morgan fingerprint density at radius 2 is 1.86 bits per heavy atom. The maximum absolute atomic E-state index is 12.7. The highest BCUT2D eigenvalue weighted by molar-refractivity contribution is 5.88. The fraction of sp³-hybridized carbons (Fsp3) is 0.556. The van der Waals surface area contributed by atoms with Gasteiger partial charge in [0.25, 0.3) is 0 Å². The molecular formula is C18H24N2O. The number of amides is 1. The number of rotatable bonds is 3. The Hall–Kier alpha value is -1.82. The van der Waals surface area contributed by atoms with E-state index in [1.165, 1.54) is 0 Å². The number of nitrogens with zero attached hydrogens (tertiary/aromatic N) is 1. The molecule has 21 heavy (non-hydrogen) atoms. The lowest BCUT2D eigenvalue weighted by Crippen LogP contribution is -2.54. The molecule has 0 saturated heterocycles. The van der Waals surface area contributed by atoms with E-state index >= 15 is 0 Å². The first-order chi connectivity index (χ1) is 9.89. The molecule has 1 aliphatic rings. The van der Waals surface area contributed by atoms with Crippen LogP contribution in [0.2, 0.25) is 0 Å². The van der Waals surface area contributed by atoms with Crippen molar-refractivity contribution in [1.82, 2.24) is 5.32 Å². The predicted octanol–water partition coefficient (Wildman–Crippen LogP) is 3.55. The van der Waals surface area contributed by atoms with E-state index in [2.05, 4.69) is 18.3 Å². The Morgan fingerprint density at radius 1 is 1.29 bits per heavy atom. The van der Waals surface area contributed by atoms with Crippen LogP contribution in [0.25, 0.3) is 0 Å². The topological polar surface area (TPSA) is 52.9 Å². The third-order valence-corrected chi connectivity index (χ3v) is 4.76. The van der Waals surface area contributed by atoms with Crippen LogP contribution in [-0.4, -0.2) is 11.4 Å². The average molecular weight is 284 g/mol. The zero-order chi connectivity index (χ0) is 15.5. The van der Waals surface area contributed by atoms with E-state index in [1.807, 2.05) is 44.2 Å². The Balaban J connectivity index is 2.15. The molecule has 112 valence electrons. The normalized spacial score (nSPS) is 25.9. The second-order valence-electron chi connectivity index (χ2n) is 6.82. The van der Waals surface area contributed by atoms with Gasteiger partial charge >= 0.3 is 0 Å². The van der Waals surface area contributed by atoms with E-state index in [4.69, 9.17) is 0 Å². The minimum absolute atomic E-state index is 0.0650. The maximum Gasteiger partial charge on any atom is 0.231 e. The van der Waals surface area contributed by atoms with Gasteiger partial charge in [0.1, 0.15) is 5.54 Å². The molecule has 1 aromatic rings. The van der Waals surface area contributed by atoms with Crippen LogP contribution in [-0.2, 0) is 10.2 Å². The zero-order valence-electron chi connectivity index (χ0n) is 13.1. The lowest BCUT2D eigenvalue weighted by molar-refractivity contribution is -0.127. The lowest BCUT2D eigenvalue weighted by atomic mass is 9.76. The van der Waals surface area contributed by atoms with Crippen molar-refractivity contribution >= 4 is 5.91 Å². The number of benzene rings is 1. The van der Waals surface area contributed by atoms with Crippen LogP contribution >= 0.6 is 0 Å². The molecule has 1 saturated carbocycles. The van der Waals surface area contributed by atoms with Crippen molar-refractivity contribution in [3.63, 3.8) is 0 Å². The predicted molar refractivity (Wildman–Crippen MR) is 83.6 cm³/mol. The third kappa shape index (κ3) is 3.26. The first-order valence-electron chi connectivity index (χ1n) is 7.69. The molecule has 3 nitrogen and oxygen atoms in total. The molecule has 0 spiro atoms. The second kappa shape index (κ2) is 5.89. The van der Waals surface area contributed by atoms with Gasteiger partial charge < -0.3 is 5.32 Å². The average Bonchev–Trinajstić information content (AvgIpc) is 2.50. The van der Waals surface area contributed by atoms with Crippen molar-refractivity contribution < 1.29 is 4.79 Å². The minimum atomic E-state index is -0.685. The fourth-order valence-corrected chi connectivity index (χ4v) is 2.88. The van der Waals surface area contributed by atoms with Crippen LogP contribution in [0.3, 0.4) is 0 Å². The summed E-state index contributed by atoms with van der Waals surface area (Å²) >= 11 is 0. The summed E-state index contributed by atoms with van der Waals surface area (Å²) in [6.45, 7) is 6.03. The highest BCUT2D eigenvalue weighted by atomic mass is 16.2. The smallest absolute Gasteiger partial charge is 0.231 e. The maximum atomic E-state index is 12.7. The highest BCUT2D eigenvalue weighted by Gasteiger charge is 2.40. The van der Waals surface area contributed by atoms with Gasteiger partial charge in [0.2, 0.25) is 5.91 Å². The molecule has 1 fully saturated rings. The van der Waals surface area contributed by atoms with Gasteiger partial charge in [-0.1, -0.05) is 37.3 Å². The molecule has 0 radical (unpaired) electrons. The Labute approximate surface area is 127 Å². The standard InChI is InChI=1S/C18H24N2O/c1-14-9-11-18(13-19,12-10-14)20-16(21)17(2,3)15-7-5-4-6-8-15/h4-8,14H,9-12H2,1-3H3,(H,20,21). The molecule has 0 aliphatic heterocycles. The molecule has 1 aliphatic carbocycles. The summed E-state index contributed by atoms with van der Waals surface area (Å²) in [6, 6.07) is 12.1. The van der Waals surface area contributed by atoms with E-state index in [0.29, 0.717) is 5.92 Å². The van der Waals surface area contributed by atoms with Crippen molar-refractivity contribution in [2.75, 3.05) is 0 Å². The van der Waals surface area contributed by atoms with Gasteiger partial charge in [-0.3, -0.25) is 4.79 Å². The molecule has 1 N–H and O–H groups in total. The number of nitrogens with one attached hydrogen (secondary N) is 1. The summed E-state index contributed by atoms with van der Waals surface area (Å²) < 4.78 is 0. The Morgan fingerprint density at radius 3 is 2.38 bits per heavy atom. The molecule has 3 heteroatoms. The quantitative estimate of drug-likeness (QED) is 0.922. The molecule has 2 rings (SSSR count). The minimum Gasteiger partial charge on any atom is -0.337 e. The Kier molecular flexibility index (Phi) is 4.37. The molecule has 0 atom stereocenters. The number of carbonyl (C=O) groups excluding carboxylic acids is 1. The zero-order valence-corrected chi connectivity index (χ0v) is 13.1. The molecule has 0 heterocycles. The first kappa shape index (κ1) is 15.6. The second-order valence-corrected chi connectivity index (χ2v) is 6.82. The van der Waals surface area contributed by atoms with Crippen LogP contribution in [0.15, 0.2) is 30.3 Å². The van der Waals surface area contributed by atoms with E-state index in [0.717, 1.165) is 31.2 Å². The lowest BCUT2D eigenvalue weighted by Gasteiger charge is -2.37. The third-order valence-electron chi connectivity index (χ3n) is 4.76. The number of hydrogen-bond donors (Lipinski definition) is 1. The van der Waals surface area contributed by atoms with Crippen LogP contribution in [0.5, 0.6) is 0 Å². The number of hydrogen-bond acceptors (Lipinski definition) is 2. The fourth-order valence-electron chi connectivity index (χ4n) is 2.88. The summed E-state index contributed by atoms with van der Waals surface area (Å²) in [5.41, 5.74) is -0.344. The molecule has 0 bridgehead atoms. The summed E-state index contributed by atoms with van der Waals surface area (Å²) in [4.78, 5) is 12.7. The number of carbonyl (C=O) groups is 1. The van der Waals surface area contributed by atoms with Crippen molar-refractivity contribution in [2.24, 2.45) is 5.92 Å². The van der Waals surface area contributed by atoms with Gasteiger partial charge in [-0.2, -0.15) is 5.26 Å². The highest BCUT2D eigenvalue weighted by Crippen LogP contribution is 2.33. The molecular weight excluding hydrogens is 260 g/mol. The monoisotopic (exact) mass is 284 g/mol. The van der Waals surface area contributed by atoms with E-state index in [-0.39, 0.29) is 5.91 Å². The van der Waals surface area contributed by atoms with Crippen LogP contribution in [0.4, 0.5) is 0 Å². The molecule has 0 unspecified atom stereocenters. The molecule has 1 aromatic carbocycles. The van der Waals surface area contributed by atoms with E-state index < -0.39 is 11.0 Å². The summed E-state index contributed by atoms with van der Waals surface area (Å²) in [7, 11) is 0. The molecule has 1 amide bonds. The SMILES string of the molecule is CC1CCC(C#N)(NC(=O)C(C)(C)c2ccccc2)CC1. The molecule has 0 aromatic heterocycles. The van der Waals surface area contributed by atoms with Gasteiger partial charge in [-0.25, -0.2) is 0 Å². The van der Waals surface area contributed by atoms with Gasteiger partial charge in [0.15, 0.2) is 0 Å². The summed E-state index contributed by atoms with van der Waals surface area (Å²) in [5.74, 6) is 0.579. The number of nitriles is 1. The summed E-state index contributed by atoms with van der Waals surface area (Å²) in [6.07, 6.45) is 3.50. The largest absolute Gasteiger partial charge is 0.337 e. The van der Waals surface area contributed by atoms with Crippen molar-refractivity contribution in [2.45, 2.75) is 57.4 Å². The van der Waals surface area contributed by atoms with Crippen LogP contribution < -0.4 is 5.32 Å². The van der Waals surface area contributed by atoms with Crippen molar-refractivity contribution in [3.05, 3.63) is 35.9 Å². The first-order valence-corrected chi connectivity index (χ1v) is 7.69. The Bertz CT molecular complexity index is 534. The van der Waals surface area contributed by atoms with Crippen LogP contribution in [0.1, 0.15) is 52.0 Å². The van der Waals surface area contributed by atoms with E-state index in [1.54, 1.807) is 0 Å².